The lowest BCUT2D eigenvalue weighted by molar-refractivity contribution is -0.163. The Morgan fingerprint density at radius 2 is 2.33 bits per heavy atom. The molecule has 1 unspecified atom stereocenters. The van der Waals surface area contributed by atoms with Crippen LogP contribution in [0.25, 0.3) is 0 Å². The van der Waals surface area contributed by atoms with Gasteiger partial charge in [0.25, 0.3) is 0 Å². The van der Waals surface area contributed by atoms with Crippen LogP contribution >= 0.6 is 11.6 Å². The first-order valence-corrected chi connectivity index (χ1v) is 7.29. The van der Waals surface area contributed by atoms with Gasteiger partial charge in [0, 0.05) is 18.4 Å². The van der Waals surface area contributed by atoms with Crippen molar-refractivity contribution in [3.63, 3.8) is 0 Å². The minimum atomic E-state index is -0.104. The Morgan fingerprint density at radius 1 is 1.48 bits per heavy atom. The van der Waals surface area contributed by atoms with Crippen LogP contribution in [0.2, 0.25) is 0 Å². The van der Waals surface area contributed by atoms with E-state index in [0.717, 1.165) is 25.9 Å². The number of ether oxygens (including phenoxy) is 2. The first kappa shape index (κ1) is 15.9. The van der Waals surface area contributed by atoms with Crippen LogP contribution in [-0.4, -0.2) is 40.2 Å². The van der Waals surface area contributed by atoms with Crippen LogP contribution in [0, 0.1) is 10.8 Å². The Bertz CT molecular complexity index is 521. The van der Waals surface area contributed by atoms with Crippen molar-refractivity contribution in [2.45, 2.75) is 32.1 Å². The van der Waals surface area contributed by atoms with E-state index in [0.29, 0.717) is 18.7 Å². The van der Waals surface area contributed by atoms with Crippen molar-refractivity contribution in [1.82, 2.24) is 9.78 Å². The summed E-state index contributed by atoms with van der Waals surface area (Å²) in [5, 5.41) is 19.0. The summed E-state index contributed by atoms with van der Waals surface area (Å²) in [7, 11) is 0. The number of nitrogens with one attached hydrogen (secondary N) is 2. The molecule has 2 N–H and O–H groups in total. The number of hydrogen-bond donors (Lipinski definition) is 2. The number of hydrogen-bond acceptors (Lipinski definition) is 5. The van der Waals surface area contributed by atoms with Crippen LogP contribution in [0.4, 0.5) is 0 Å². The van der Waals surface area contributed by atoms with Crippen LogP contribution in [0.5, 0.6) is 0 Å². The van der Waals surface area contributed by atoms with E-state index in [9.17, 15) is 0 Å². The number of aromatic nitrogens is 2. The Hall–Kier alpha value is -1.50. The van der Waals surface area contributed by atoms with Crippen LogP contribution < -0.4 is 0 Å². The Balaban J connectivity index is 1.77. The van der Waals surface area contributed by atoms with Gasteiger partial charge >= 0.3 is 0 Å². The average Bonchev–Trinajstić information content (AvgIpc) is 2.95. The van der Waals surface area contributed by atoms with Gasteiger partial charge in [0.15, 0.2) is 6.29 Å². The second-order valence-electron chi connectivity index (χ2n) is 4.75. The van der Waals surface area contributed by atoms with E-state index in [1.165, 1.54) is 12.2 Å². The van der Waals surface area contributed by atoms with E-state index in [-0.39, 0.29) is 17.2 Å². The second-order valence-corrected chi connectivity index (χ2v) is 5.16. The van der Waals surface area contributed by atoms with E-state index < -0.39 is 0 Å². The molecule has 1 atom stereocenters. The lowest BCUT2D eigenvalue weighted by atomic mass is 10.2. The lowest BCUT2D eigenvalue weighted by Crippen LogP contribution is -2.24. The molecule has 2 heterocycles. The van der Waals surface area contributed by atoms with Crippen molar-refractivity contribution in [3.05, 3.63) is 30.1 Å². The summed E-state index contributed by atoms with van der Waals surface area (Å²) in [6.07, 6.45) is 9.34. The van der Waals surface area contributed by atoms with Crippen LogP contribution in [0.3, 0.4) is 0 Å². The maximum absolute atomic E-state index is 7.83. The maximum Gasteiger partial charge on any atom is 0.157 e. The summed E-state index contributed by atoms with van der Waals surface area (Å²) in [5.41, 5.74) is 0.946. The van der Waals surface area contributed by atoms with Crippen molar-refractivity contribution >= 4 is 22.5 Å². The zero-order chi connectivity index (χ0) is 15.1. The highest BCUT2D eigenvalue weighted by atomic mass is 35.5. The highest BCUT2D eigenvalue weighted by Crippen LogP contribution is 2.13. The molecular formula is C14H19ClN4O2. The Labute approximate surface area is 128 Å². The summed E-state index contributed by atoms with van der Waals surface area (Å²) in [6.45, 7) is 1.92. The van der Waals surface area contributed by atoms with E-state index in [2.05, 4.69) is 5.10 Å². The van der Waals surface area contributed by atoms with Gasteiger partial charge in [-0.1, -0.05) is 11.6 Å². The van der Waals surface area contributed by atoms with Gasteiger partial charge in [-0.2, -0.15) is 5.10 Å². The van der Waals surface area contributed by atoms with Crippen LogP contribution in [0.1, 0.15) is 24.8 Å². The smallest absolute Gasteiger partial charge is 0.157 e. The van der Waals surface area contributed by atoms with Gasteiger partial charge in [0.1, 0.15) is 5.17 Å². The van der Waals surface area contributed by atoms with Gasteiger partial charge in [-0.15, -0.1) is 0 Å². The Morgan fingerprint density at radius 3 is 3.05 bits per heavy atom. The topological polar surface area (TPSA) is 84.0 Å². The molecule has 21 heavy (non-hydrogen) atoms. The molecule has 2 rings (SSSR count). The molecule has 7 heteroatoms. The van der Waals surface area contributed by atoms with Gasteiger partial charge in [-0.3, -0.25) is 10.1 Å². The molecule has 1 aliphatic heterocycles. The summed E-state index contributed by atoms with van der Waals surface area (Å²) in [5.74, 6) is 0. The molecule has 1 fully saturated rings. The predicted molar refractivity (Wildman–Crippen MR) is 81.3 cm³/mol. The molecule has 1 aromatic heterocycles. The summed E-state index contributed by atoms with van der Waals surface area (Å²) in [4.78, 5) is 0. The number of allylic oxidation sites excluding steroid dienone is 2. The van der Waals surface area contributed by atoms with Gasteiger partial charge in [0.2, 0.25) is 0 Å². The monoisotopic (exact) mass is 310 g/mol. The normalized spacial score (nSPS) is 19.0. The zero-order valence-electron chi connectivity index (χ0n) is 11.7. The molecular weight excluding hydrogens is 292 g/mol. The minimum absolute atomic E-state index is 0.0928. The third-order valence-electron chi connectivity index (χ3n) is 3.10. The highest BCUT2D eigenvalue weighted by molar-refractivity contribution is 6.67. The fourth-order valence-electron chi connectivity index (χ4n) is 2.00. The van der Waals surface area contributed by atoms with Crippen LogP contribution in [0.15, 0.2) is 24.5 Å². The van der Waals surface area contributed by atoms with Crippen molar-refractivity contribution < 1.29 is 9.47 Å². The average molecular weight is 311 g/mol. The zero-order valence-corrected chi connectivity index (χ0v) is 12.5. The second kappa shape index (κ2) is 8.07. The third kappa shape index (κ3) is 5.41. The van der Waals surface area contributed by atoms with Crippen LogP contribution in [-0.2, 0) is 16.0 Å². The minimum Gasteiger partial charge on any atom is -0.353 e. The van der Waals surface area contributed by atoms with E-state index in [1.807, 2.05) is 0 Å². The number of nitrogens with zero attached hydrogens (tertiary/aromatic N) is 2. The van der Waals surface area contributed by atoms with Gasteiger partial charge < -0.3 is 14.9 Å². The maximum atomic E-state index is 7.83. The third-order valence-corrected chi connectivity index (χ3v) is 3.23. The quantitative estimate of drug-likeness (QED) is 0.759. The van der Waals surface area contributed by atoms with E-state index >= 15 is 0 Å². The summed E-state index contributed by atoms with van der Waals surface area (Å²) < 4.78 is 12.9. The first-order chi connectivity index (χ1) is 10.1. The molecule has 0 amide bonds. The van der Waals surface area contributed by atoms with Crippen molar-refractivity contribution in [3.8, 4) is 0 Å². The highest BCUT2D eigenvalue weighted by Gasteiger charge is 2.13. The number of halogens is 1. The molecule has 0 saturated carbocycles. The van der Waals surface area contributed by atoms with Crippen molar-refractivity contribution in [2.75, 3.05) is 13.2 Å². The molecule has 114 valence electrons. The van der Waals surface area contributed by atoms with Gasteiger partial charge in [-0.05, 0) is 31.4 Å². The van der Waals surface area contributed by atoms with Crippen molar-refractivity contribution in [1.29, 1.82) is 10.8 Å². The van der Waals surface area contributed by atoms with E-state index in [4.69, 9.17) is 31.9 Å². The summed E-state index contributed by atoms with van der Waals surface area (Å²) in [6, 6.07) is 0. The lowest BCUT2D eigenvalue weighted by Gasteiger charge is -2.22. The molecule has 0 spiro atoms. The van der Waals surface area contributed by atoms with Gasteiger partial charge in [0.05, 0.1) is 25.1 Å². The van der Waals surface area contributed by atoms with E-state index in [1.54, 1.807) is 17.1 Å². The molecule has 0 radical (unpaired) electrons. The molecule has 0 aliphatic carbocycles. The Kier molecular flexibility index (Phi) is 6.10. The molecule has 1 aromatic rings. The molecule has 1 aliphatic rings. The largest absolute Gasteiger partial charge is 0.353 e. The van der Waals surface area contributed by atoms with Crippen molar-refractivity contribution in [2.24, 2.45) is 0 Å². The standard InChI is InChI=1S/C14H19ClN4O2/c15-13(17)5-4-12(16)11-9-18-19(10-11)6-8-21-14-3-1-2-7-20-14/h4-5,9-10,14,16-17H,1-3,6-8H2/b5-4-,16-12?,17-13?. The fraction of sp³-hybridized carbons (Fsp3) is 0.500. The molecule has 0 aromatic carbocycles. The SMILES string of the molecule is N=C(Cl)/C=C\C(=N)c1cnn(CCOC2CCCCO2)c1. The predicted octanol–water partition coefficient (Wildman–Crippen LogP) is 2.57. The fourth-order valence-corrected chi connectivity index (χ4v) is 2.06. The molecule has 0 bridgehead atoms. The molecule has 6 nitrogen and oxygen atoms in total. The number of rotatable bonds is 7. The van der Waals surface area contributed by atoms with Gasteiger partial charge in [-0.25, -0.2) is 0 Å². The first-order valence-electron chi connectivity index (χ1n) is 6.92. The molecule has 1 saturated heterocycles. The summed E-state index contributed by atoms with van der Waals surface area (Å²) >= 11 is 5.41.